The van der Waals surface area contributed by atoms with Gasteiger partial charge in [-0.1, -0.05) is 64.6 Å². The maximum atomic E-state index is 6.49. The van der Waals surface area contributed by atoms with Crippen LogP contribution in [0.15, 0.2) is 42.5 Å². The molecule has 0 aromatic heterocycles. The number of thiol groups is 1. The molecule has 94 valence electrons. The summed E-state index contributed by atoms with van der Waals surface area (Å²) in [5.74, 6) is 0. The lowest BCUT2D eigenvalue weighted by molar-refractivity contribution is 1.07. The predicted octanol–water partition coefficient (Wildman–Crippen LogP) is 6.02. The Labute approximate surface area is 131 Å². The predicted molar refractivity (Wildman–Crippen MR) is 83.5 cm³/mol. The van der Waals surface area contributed by atoms with Crippen LogP contribution in [0.1, 0.15) is 11.1 Å². The van der Waals surface area contributed by atoms with Gasteiger partial charge in [0.1, 0.15) is 4.21 Å². The summed E-state index contributed by atoms with van der Waals surface area (Å²) in [6.45, 7) is 0. The summed E-state index contributed by atoms with van der Waals surface area (Å²) >= 11 is 28.9. The van der Waals surface area contributed by atoms with E-state index in [1.54, 1.807) is 30.3 Å². The van der Waals surface area contributed by atoms with Crippen LogP contribution in [0.4, 0.5) is 0 Å². The summed E-state index contributed by atoms with van der Waals surface area (Å²) in [5, 5.41) is 1.67. The molecule has 0 saturated carbocycles. The Morgan fingerprint density at radius 3 is 1.94 bits per heavy atom. The van der Waals surface area contributed by atoms with Gasteiger partial charge in [0.05, 0.1) is 0 Å². The third kappa shape index (κ3) is 2.92. The fraction of sp³-hybridized carbons (Fsp3) is 0.0769. The molecule has 0 heterocycles. The molecule has 2 aromatic rings. The van der Waals surface area contributed by atoms with Crippen molar-refractivity contribution in [2.75, 3.05) is 0 Å². The van der Waals surface area contributed by atoms with Crippen molar-refractivity contribution in [3.63, 3.8) is 0 Å². The fourth-order valence-corrected chi connectivity index (χ4v) is 3.01. The molecular weight excluding hydrogens is 330 g/mol. The summed E-state index contributed by atoms with van der Waals surface area (Å²) in [6, 6.07) is 12.3. The molecule has 0 amide bonds. The first kappa shape index (κ1) is 14.4. The smallest absolute Gasteiger partial charge is 0.138 e. The zero-order chi connectivity index (χ0) is 13.3. The number of hydrogen-bond donors (Lipinski definition) is 1. The minimum atomic E-state index is -1.02. The van der Waals surface area contributed by atoms with Crippen LogP contribution < -0.4 is 0 Å². The second-order valence-corrected chi connectivity index (χ2v) is 6.53. The third-order valence-corrected chi connectivity index (χ3v) is 4.24. The van der Waals surface area contributed by atoms with Crippen molar-refractivity contribution < 1.29 is 0 Å². The van der Waals surface area contributed by atoms with Gasteiger partial charge in [0.25, 0.3) is 0 Å². The Hall–Kier alpha value is -0.0500. The van der Waals surface area contributed by atoms with Gasteiger partial charge in [0.15, 0.2) is 0 Å². The molecule has 2 rings (SSSR count). The van der Waals surface area contributed by atoms with E-state index in [9.17, 15) is 0 Å². The van der Waals surface area contributed by atoms with Gasteiger partial charge in [-0.25, -0.2) is 0 Å². The first-order valence-electron chi connectivity index (χ1n) is 5.04. The fourth-order valence-electron chi connectivity index (χ4n) is 1.58. The van der Waals surface area contributed by atoms with Crippen molar-refractivity contribution in [3.05, 3.63) is 68.7 Å². The van der Waals surface area contributed by atoms with Gasteiger partial charge in [-0.15, -0.1) is 12.6 Å². The molecule has 0 aliphatic heterocycles. The summed E-state index contributed by atoms with van der Waals surface area (Å²) in [7, 11) is 0. The van der Waals surface area contributed by atoms with Crippen molar-refractivity contribution in [3.8, 4) is 0 Å². The lowest BCUT2D eigenvalue weighted by Gasteiger charge is -2.23. The first-order chi connectivity index (χ1) is 8.41. The molecular formula is C13H8Cl4S. The standard InChI is InChI=1S/C13H8Cl4S/c14-9-3-1-8(2-4-9)13(17,18)11-6-5-10(15)7-12(11)16/h1-7,18H. The van der Waals surface area contributed by atoms with E-state index in [0.717, 1.165) is 5.56 Å². The van der Waals surface area contributed by atoms with Crippen LogP contribution in [-0.4, -0.2) is 0 Å². The number of benzene rings is 2. The molecule has 18 heavy (non-hydrogen) atoms. The van der Waals surface area contributed by atoms with Gasteiger partial charge in [-0.2, -0.15) is 0 Å². The number of hydrogen-bond acceptors (Lipinski definition) is 1. The molecule has 0 radical (unpaired) electrons. The van der Waals surface area contributed by atoms with E-state index in [2.05, 4.69) is 12.6 Å². The van der Waals surface area contributed by atoms with E-state index in [1.165, 1.54) is 0 Å². The Balaban J connectivity index is 2.50. The molecule has 0 aliphatic rings. The van der Waals surface area contributed by atoms with Gasteiger partial charge < -0.3 is 0 Å². The highest BCUT2D eigenvalue weighted by atomic mass is 35.5. The number of rotatable bonds is 2. The van der Waals surface area contributed by atoms with Crippen molar-refractivity contribution in [1.29, 1.82) is 0 Å². The maximum Gasteiger partial charge on any atom is 0.138 e. The second kappa shape index (κ2) is 5.52. The van der Waals surface area contributed by atoms with E-state index >= 15 is 0 Å². The van der Waals surface area contributed by atoms with Crippen molar-refractivity contribution >= 4 is 59.0 Å². The Kier molecular flexibility index (Phi) is 4.40. The van der Waals surface area contributed by atoms with E-state index in [-0.39, 0.29) is 0 Å². The maximum absolute atomic E-state index is 6.49. The lowest BCUT2D eigenvalue weighted by atomic mass is 10.0. The number of alkyl halides is 1. The lowest BCUT2D eigenvalue weighted by Crippen LogP contribution is -2.13. The average molecular weight is 338 g/mol. The van der Waals surface area contributed by atoms with Gasteiger partial charge in [0.2, 0.25) is 0 Å². The van der Waals surface area contributed by atoms with Crippen molar-refractivity contribution in [2.45, 2.75) is 4.21 Å². The largest absolute Gasteiger partial charge is 0.147 e. The highest BCUT2D eigenvalue weighted by molar-refractivity contribution is 7.83. The molecule has 0 spiro atoms. The summed E-state index contributed by atoms with van der Waals surface area (Å²) in [4.78, 5) is 0. The molecule has 1 unspecified atom stereocenters. The molecule has 0 aliphatic carbocycles. The molecule has 0 N–H and O–H groups in total. The van der Waals surface area contributed by atoms with Gasteiger partial charge >= 0.3 is 0 Å². The van der Waals surface area contributed by atoms with Gasteiger partial charge in [0, 0.05) is 20.6 Å². The van der Waals surface area contributed by atoms with Crippen LogP contribution in [0.5, 0.6) is 0 Å². The summed E-state index contributed by atoms with van der Waals surface area (Å²) in [5.41, 5.74) is 1.47. The van der Waals surface area contributed by atoms with Crippen LogP contribution in [0.25, 0.3) is 0 Å². The topological polar surface area (TPSA) is 0 Å². The van der Waals surface area contributed by atoms with E-state index < -0.39 is 4.21 Å². The quantitative estimate of drug-likeness (QED) is 0.503. The van der Waals surface area contributed by atoms with E-state index in [1.807, 2.05) is 12.1 Å². The van der Waals surface area contributed by atoms with E-state index in [4.69, 9.17) is 46.4 Å². The van der Waals surface area contributed by atoms with Crippen molar-refractivity contribution in [1.82, 2.24) is 0 Å². The molecule has 0 fully saturated rings. The van der Waals surface area contributed by atoms with Gasteiger partial charge in [-0.3, -0.25) is 0 Å². The van der Waals surface area contributed by atoms with Crippen LogP contribution in [0, 0.1) is 0 Å². The Bertz CT molecular complexity index is 564. The minimum Gasteiger partial charge on any atom is -0.147 e. The zero-order valence-electron chi connectivity index (χ0n) is 9.00. The van der Waals surface area contributed by atoms with Crippen molar-refractivity contribution in [2.24, 2.45) is 0 Å². The first-order valence-corrected chi connectivity index (χ1v) is 7.00. The van der Waals surface area contributed by atoms with Crippen LogP contribution in [0.3, 0.4) is 0 Å². The van der Waals surface area contributed by atoms with E-state index in [0.29, 0.717) is 20.6 Å². The normalized spacial score (nSPS) is 14.3. The van der Waals surface area contributed by atoms with Crippen LogP contribution >= 0.6 is 59.0 Å². The SMILES string of the molecule is SC(Cl)(c1ccc(Cl)cc1)c1ccc(Cl)cc1Cl. The molecule has 1 atom stereocenters. The molecule has 0 bridgehead atoms. The highest BCUT2D eigenvalue weighted by Gasteiger charge is 2.29. The molecule has 0 saturated heterocycles. The molecule has 2 aromatic carbocycles. The molecule has 5 heteroatoms. The zero-order valence-corrected chi connectivity index (χ0v) is 12.9. The number of halogens is 4. The summed E-state index contributed by atoms with van der Waals surface area (Å²) in [6.07, 6.45) is 0. The summed E-state index contributed by atoms with van der Waals surface area (Å²) < 4.78 is -1.02. The van der Waals surface area contributed by atoms with Crippen LogP contribution in [-0.2, 0) is 4.21 Å². The second-order valence-electron chi connectivity index (χ2n) is 3.75. The highest BCUT2D eigenvalue weighted by Crippen LogP contribution is 2.44. The van der Waals surface area contributed by atoms with Crippen LogP contribution in [0.2, 0.25) is 15.1 Å². The van der Waals surface area contributed by atoms with Gasteiger partial charge in [-0.05, 0) is 29.8 Å². The average Bonchev–Trinajstić information content (AvgIpc) is 2.29. The minimum absolute atomic E-state index is 0.474. The Morgan fingerprint density at radius 1 is 0.833 bits per heavy atom. The Morgan fingerprint density at radius 2 is 1.39 bits per heavy atom. The third-order valence-electron chi connectivity index (χ3n) is 2.51. The monoisotopic (exact) mass is 336 g/mol. The molecule has 0 nitrogen and oxygen atoms in total.